The van der Waals surface area contributed by atoms with Crippen molar-refractivity contribution < 1.29 is 9.53 Å². The summed E-state index contributed by atoms with van der Waals surface area (Å²) < 4.78 is 5.37. The van der Waals surface area contributed by atoms with E-state index in [9.17, 15) is 4.79 Å². The van der Waals surface area contributed by atoms with Crippen LogP contribution in [-0.2, 0) is 9.53 Å². The maximum atomic E-state index is 11.8. The Bertz CT molecular complexity index is 503. The Labute approximate surface area is 133 Å². The summed E-state index contributed by atoms with van der Waals surface area (Å²) in [5.74, 6) is 0.796. The van der Waals surface area contributed by atoms with E-state index in [0.29, 0.717) is 12.6 Å². The van der Waals surface area contributed by atoms with Crippen LogP contribution in [0.15, 0.2) is 18.2 Å². The fourth-order valence-electron chi connectivity index (χ4n) is 2.62. The van der Waals surface area contributed by atoms with Crippen LogP contribution in [0.2, 0.25) is 0 Å². The number of likely N-dealkylation sites (tertiary alicyclic amines) is 1. The third-order valence-electron chi connectivity index (χ3n) is 3.60. The fraction of sp³-hybridized carbons (Fsp3) is 0.647. The number of rotatable bonds is 4. The number of hydrogen-bond donors (Lipinski definition) is 1. The number of pyridine rings is 1. The predicted octanol–water partition coefficient (Wildman–Crippen LogP) is 2.61. The zero-order valence-corrected chi connectivity index (χ0v) is 14.1. The summed E-state index contributed by atoms with van der Waals surface area (Å²) in [6, 6.07) is 6.43. The molecule has 0 amide bonds. The molecule has 0 saturated carbocycles. The first-order valence-electron chi connectivity index (χ1n) is 7.96. The maximum absolute atomic E-state index is 11.8. The number of carbonyl (C=O) groups is 1. The van der Waals surface area contributed by atoms with Crippen LogP contribution in [0.4, 0.5) is 5.82 Å². The standard InChI is InChI=1S/C17H27N3O2/c1-13-6-5-7-15(18-13)19-14-8-10-20(11-9-14)12-16(21)22-17(2,3)4/h5-7,14H,8-12H2,1-4H3,(H,18,19). The van der Waals surface area contributed by atoms with Crippen molar-refractivity contribution in [2.75, 3.05) is 25.0 Å². The molecule has 1 N–H and O–H groups in total. The monoisotopic (exact) mass is 305 g/mol. The van der Waals surface area contributed by atoms with Gasteiger partial charge in [-0.25, -0.2) is 4.98 Å². The minimum Gasteiger partial charge on any atom is -0.459 e. The van der Waals surface area contributed by atoms with Crippen molar-refractivity contribution in [3.63, 3.8) is 0 Å². The highest BCUT2D eigenvalue weighted by atomic mass is 16.6. The van der Waals surface area contributed by atoms with Crippen molar-refractivity contribution in [1.29, 1.82) is 0 Å². The van der Waals surface area contributed by atoms with E-state index >= 15 is 0 Å². The Hall–Kier alpha value is -1.62. The van der Waals surface area contributed by atoms with Crippen LogP contribution in [0.5, 0.6) is 0 Å². The number of aryl methyl sites for hydroxylation is 1. The molecule has 0 spiro atoms. The molecular formula is C17H27N3O2. The quantitative estimate of drug-likeness (QED) is 0.867. The summed E-state index contributed by atoms with van der Waals surface area (Å²) >= 11 is 0. The molecule has 22 heavy (non-hydrogen) atoms. The molecule has 0 atom stereocenters. The van der Waals surface area contributed by atoms with E-state index in [1.165, 1.54) is 0 Å². The van der Waals surface area contributed by atoms with Gasteiger partial charge in [-0.2, -0.15) is 0 Å². The lowest BCUT2D eigenvalue weighted by molar-refractivity contribution is -0.156. The Kier molecular flexibility index (Phi) is 5.40. The largest absolute Gasteiger partial charge is 0.459 e. The number of nitrogens with one attached hydrogen (secondary N) is 1. The van der Waals surface area contributed by atoms with Gasteiger partial charge in [-0.3, -0.25) is 9.69 Å². The molecule has 2 heterocycles. The van der Waals surface area contributed by atoms with E-state index in [-0.39, 0.29) is 5.97 Å². The van der Waals surface area contributed by atoms with Gasteiger partial charge in [0.05, 0.1) is 6.54 Å². The van der Waals surface area contributed by atoms with Gasteiger partial charge in [0.25, 0.3) is 0 Å². The van der Waals surface area contributed by atoms with E-state index in [1.807, 2.05) is 45.9 Å². The second-order valence-electron chi connectivity index (χ2n) is 6.95. The number of carbonyl (C=O) groups excluding carboxylic acids is 1. The van der Waals surface area contributed by atoms with Gasteiger partial charge in [0.15, 0.2) is 0 Å². The molecule has 0 radical (unpaired) electrons. The Morgan fingerprint density at radius 1 is 1.36 bits per heavy atom. The second-order valence-corrected chi connectivity index (χ2v) is 6.95. The molecule has 0 bridgehead atoms. The molecule has 0 unspecified atom stereocenters. The van der Waals surface area contributed by atoms with Crippen LogP contribution in [0.3, 0.4) is 0 Å². The van der Waals surface area contributed by atoms with Crippen LogP contribution in [-0.4, -0.2) is 47.1 Å². The van der Waals surface area contributed by atoms with Crippen LogP contribution in [0.25, 0.3) is 0 Å². The number of piperidine rings is 1. The first kappa shape index (κ1) is 16.7. The van der Waals surface area contributed by atoms with Gasteiger partial charge in [-0.1, -0.05) is 6.07 Å². The lowest BCUT2D eigenvalue weighted by Gasteiger charge is -2.32. The first-order valence-corrected chi connectivity index (χ1v) is 7.96. The molecule has 122 valence electrons. The molecule has 5 heteroatoms. The first-order chi connectivity index (χ1) is 10.3. The minimum absolute atomic E-state index is 0.140. The Morgan fingerprint density at radius 3 is 2.64 bits per heavy atom. The van der Waals surface area contributed by atoms with Crippen LogP contribution >= 0.6 is 0 Å². The van der Waals surface area contributed by atoms with E-state index in [2.05, 4.69) is 15.2 Å². The third-order valence-corrected chi connectivity index (χ3v) is 3.60. The van der Waals surface area contributed by atoms with Gasteiger partial charge in [-0.15, -0.1) is 0 Å². The minimum atomic E-state index is -0.409. The third kappa shape index (κ3) is 5.64. The molecule has 5 nitrogen and oxygen atoms in total. The average Bonchev–Trinajstić information content (AvgIpc) is 2.39. The van der Waals surface area contributed by atoms with Crippen LogP contribution in [0, 0.1) is 6.92 Å². The highest BCUT2D eigenvalue weighted by molar-refractivity contribution is 5.72. The van der Waals surface area contributed by atoms with Crippen molar-refractivity contribution >= 4 is 11.8 Å². The van der Waals surface area contributed by atoms with Gasteiger partial charge < -0.3 is 10.1 Å². The summed E-state index contributed by atoms with van der Waals surface area (Å²) in [5, 5.41) is 3.48. The Balaban J connectivity index is 1.75. The molecule has 1 aromatic heterocycles. The highest BCUT2D eigenvalue weighted by Crippen LogP contribution is 2.16. The van der Waals surface area contributed by atoms with Crippen LogP contribution < -0.4 is 5.32 Å². The summed E-state index contributed by atoms with van der Waals surface area (Å²) in [7, 11) is 0. The summed E-state index contributed by atoms with van der Waals surface area (Å²) in [6.07, 6.45) is 2.02. The van der Waals surface area contributed by atoms with Crippen LogP contribution in [0.1, 0.15) is 39.3 Å². The Morgan fingerprint density at radius 2 is 2.05 bits per heavy atom. The normalized spacial score (nSPS) is 17.3. The van der Waals surface area contributed by atoms with Crippen molar-refractivity contribution in [2.45, 2.75) is 52.2 Å². The topological polar surface area (TPSA) is 54.5 Å². The second kappa shape index (κ2) is 7.09. The molecule has 1 aliphatic rings. The van der Waals surface area contributed by atoms with E-state index < -0.39 is 5.60 Å². The number of hydrogen-bond acceptors (Lipinski definition) is 5. The molecule has 1 saturated heterocycles. The van der Waals surface area contributed by atoms with Crippen molar-refractivity contribution in [1.82, 2.24) is 9.88 Å². The van der Waals surface area contributed by atoms with E-state index in [4.69, 9.17) is 4.74 Å². The molecular weight excluding hydrogens is 278 g/mol. The van der Waals surface area contributed by atoms with Gasteiger partial charge in [-0.05, 0) is 52.7 Å². The van der Waals surface area contributed by atoms with Crippen molar-refractivity contribution in [3.05, 3.63) is 23.9 Å². The molecule has 1 aliphatic heterocycles. The zero-order chi connectivity index (χ0) is 16.2. The number of nitrogens with zero attached hydrogens (tertiary/aromatic N) is 2. The molecule has 1 aromatic rings. The number of ether oxygens (including phenoxy) is 1. The summed E-state index contributed by atoms with van der Waals surface area (Å²) in [5.41, 5.74) is 0.612. The lowest BCUT2D eigenvalue weighted by Crippen LogP contribution is -2.43. The van der Waals surface area contributed by atoms with Crippen molar-refractivity contribution in [2.24, 2.45) is 0 Å². The van der Waals surface area contributed by atoms with Crippen molar-refractivity contribution in [3.8, 4) is 0 Å². The fourth-order valence-corrected chi connectivity index (χ4v) is 2.62. The van der Waals surface area contributed by atoms with Gasteiger partial charge in [0, 0.05) is 24.8 Å². The van der Waals surface area contributed by atoms with Gasteiger partial charge in [0.2, 0.25) is 0 Å². The number of esters is 1. The summed E-state index contributed by atoms with van der Waals surface area (Å²) in [6.45, 7) is 9.88. The van der Waals surface area contributed by atoms with Gasteiger partial charge in [0.1, 0.15) is 11.4 Å². The molecule has 1 fully saturated rings. The SMILES string of the molecule is Cc1cccc(NC2CCN(CC(=O)OC(C)(C)C)CC2)n1. The highest BCUT2D eigenvalue weighted by Gasteiger charge is 2.23. The number of anilines is 1. The average molecular weight is 305 g/mol. The van der Waals surface area contributed by atoms with E-state index in [0.717, 1.165) is 37.4 Å². The molecule has 0 aromatic carbocycles. The number of aromatic nitrogens is 1. The molecule has 2 rings (SSSR count). The lowest BCUT2D eigenvalue weighted by atomic mass is 10.1. The summed E-state index contributed by atoms with van der Waals surface area (Å²) in [4.78, 5) is 18.5. The maximum Gasteiger partial charge on any atom is 0.320 e. The smallest absolute Gasteiger partial charge is 0.320 e. The van der Waals surface area contributed by atoms with Gasteiger partial charge >= 0.3 is 5.97 Å². The molecule has 0 aliphatic carbocycles. The predicted molar refractivity (Wildman–Crippen MR) is 87.9 cm³/mol. The van der Waals surface area contributed by atoms with E-state index in [1.54, 1.807) is 0 Å². The zero-order valence-electron chi connectivity index (χ0n) is 14.1.